The third-order valence-corrected chi connectivity index (χ3v) is 3.34. The Bertz CT molecular complexity index is 47.1. The van der Waals surface area contributed by atoms with Crippen LogP contribution < -0.4 is 0 Å². The smallest absolute Gasteiger partial charge is 0.0974 e. The molecule has 8 heavy (non-hydrogen) atoms. The van der Waals surface area contributed by atoms with Crippen LogP contribution in [-0.4, -0.2) is 16.3 Å². The van der Waals surface area contributed by atoms with Gasteiger partial charge in [0.2, 0.25) is 0 Å². The summed E-state index contributed by atoms with van der Waals surface area (Å²) in [5.41, 5.74) is 0. The van der Waals surface area contributed by atoms with Gasteiger partial charge in [0.15, 0.2) is 0 Å². The van der Waals surface area contributed by atoms with Crippen LogP contribution >= 0.6 is 0 Å². The number of rotatable bonds is 3. The van der Waals surface area contributed by atoms with Crippen molar-refractivity contribution in [3.8, 4) is 0 Å². The first-order valence-electron chi connectivity index (χ1n) is 3.47. The van der Waals surface area contributed by atoms with E-state index < -0.39 is 0 Å². The van der Waals surface area contributed by atoms with Crippen LogP contribution in [0.4, 0.5) is 0 Å². The van der Waals surface area contributed by atoms with Gasteiger partial charge in [-0.3, -0.25) is 0 Å². The molecule has 2 radical (unpaired) electrons. The van der Waals surface area contributed by atoms with Crippen LogP contribution in [0.2, 0.25) is 4.28 Å². The number of hydrogen-bond acceptors (Lipinski definition) is 0. The molecule has 0 amide bonds. The maximum Gasteiger partial charge on any atom is 0.129 e. The van der Waals surface area contributed by atoms with Crippen molar-refractivity contribution < 1.29 is 0 Å². The van der Waals surface area contributed by atoms with E-state index in [1.54, 1.807) is 0 Å². The lowest BCUT2D eigenvalue weighted by atomic mass is 9.99. The standard InChI is InChI=1S/C7H15.Al/c1-4-7(5-2)6-3;/h4-6H2,1-3H3;. The Kier molecular flexibility index (Phi) is 3.77. The van der Waals surface area contributed by atoms with Crippen molar-refractivity contribution in [2.24, 2.45) is 0 Å². The molecule has 0 aromatic heterocycles. The Morgan fingerprint density at radius 3 is 1.25 bits per heavy atom. The molecule has 46 valence electrons. The molecule has 0 atom stereocenters. The monoisotopic (exact) mass is 126 g/mol. The molecule has 0 unspecified atom stereocenters. The molecule has 0 aromatic carbocycles. The topological polar surface area (TPSA) is 0 Å². The maximum absolute atomic E-state index is 2.94. The normalized spacial score (nSPS) is 11.9. The van der Waals surface area contributed by atoms with E-state index in [0.717, 1.165) is 0 Å². The summed E-state index contributed by atoms with van der Waals surface area (Å²) in [5, 5.41) is 0. The molecule has 0 fully saturated rings. The van der Waals surface area contributed by atoms with Crippen LogP contribution in [0.3, 0.4) is 0 Å². The summed E-state index contributed by atoms with van der Waals surface area (Å²) in [6, 6.07) is 0. The van der Waals surface area contributed by atoms with Crippen molar-refractivity contribution in [2.75, 3.05) is 0 Å². The lowest BCUT2D eigenvalue weighted by molar-refractivity contribution is 0.504. The molecule has 0 rings (SSSR count). The Labute approximate surface area is 61.1 Å². The molecule has 0 aliphatic carbocycles. The molecule has 0 saturated heterocycles. The summed E-state index contributed by atoms with van der Waals surface area (Å²) < 4.78 is 0.542. The van der Waals surface area contributed by atoms with Gasteiger partial charge < -0.3 is 0 Å². The van der Waals surface area contributed by atoms with Gasteiger partial charge in [-0.1, -0.05) is 44.3 Å². The Morgan fingerprint density at radius 1 is 1.00 bits per heavy atom. The molecular weight excluding hydrogens is 111 g/mol. The summed E-state index contributed by atoms with van der Waals surface area (Å²) >= 11 is 2.94. The molecule has 0 aliphatic heterocycles. The minimum absolute atomic E-state index is 0.542. The lowest BCUT2D eigenvalue weighted by Crippen LogP contribution is -2.07. The fourth-order valence-electron chi connectivity index (χ4n) is 0.750. The molecule has 0 saturated carbocycles. The van der Waals surface area contributed by atoms with Crippen molar-refractivity contribution >= 4 is 16.3 Å². The molecule has 0 aliphatic rings. The van der Waals surface area contributed by atoms with Crippen LogP contribution in [0, 0.1) is 0 Å². The molecule has 0 nitrogen and oxygen atoms in total. The van der Waals surface area contributed by atoms with Crippen molar-refractivity contribution in [3.63, 3.8) is 0 Å². The highest BCUT2D eigenvalue weighted by molar-refractivity contribution is 6.15. The minimum atomic E-state index is 0.542. The van der Waals surface area contributed by atoms with E-state index in [1.165, 1.54) is 19.3 Å². The zero-order valence-electron chi connectivity index (χ0n) is 6.20. The molecule has 0 bridgehead atoms. The minimum Gasteiger partial charge on any atom is -0.0974 e. The fourth-order valence-corrected chi connectivity index (χ4v) is 0.750. The van der Waals surface area contributed by atoms with E-state index >= 15 is 0 Å². The van der Waals surface area contributed by atoms with E-state index in [1.807, 2.05) is 0 Å². The molecule has 1 heteroatoms. The fraction of sp³-hybridized carbons (Fsp3) is 1.00. The summed E-state index contributed by atoms with van der Waals surface area (Å²) in [6.07, 6.45) is 3.85. The van der Waals surface area contributed by atoms with E-state index in [4.69, 9.17) is 0 Å². The first-order valence-corrected chi connectivity index (χ1v) is 4.05. The van der Waals surface area contributed by atoms with E-state index in [0.29, 0.717) is 4.28 Å². The maximum atomic E-state index is 2.94. The van der Waals surface area contributed by atoms with Crippen LogP contribution in [0.5, 0.6) is 0 Å². The van der Waals surface area contributed by atoms with Crippen LogP contribution in [0.25, 0.3) is 0 Å². The van der Waals surface area contributed by atoms with E-state index in [-0.39, 0.29) is 0 Å². The van der Waals surface area contributed by atoms with Crippen LogP contribution in [0.1, 0.15) is 40.0 Å². The second-order valence-corrected chi connectivity index (χ2v) is 3.65. The second-order valence-electron chi connectivity index (χ2n) is 2.42. The third kappa shape index (κ3) is 2.20. The Balaban J connectivity index is 3.58. The van der Waals surface area contributed by atoms with Crippen molar-refractivity contribution in [3.05, 3.63) is 0 Å². The molecule has 0 spiro atoms. The van der Waals surface area contributed by atoms with Gasteiger partial charge in [0, 0.05) is 0 Å². The summed E-state index contributed by atoms with van der Waals surface area (Å²) in [7, 11) is 0. The molecule has 0 N–H and O–H groups in total. The quantitative estimate of drug-likeness (QED) is 0.510. The van der Waals surface area contributed by atoms with Crippen molar-refractivity contribution in [1.82, 2.24) is 0 Å². The zero-order valence-corrected chi connectivity index (χ0v) is 7.35. The average Bonchev–Trinajstić information content (AvgIpc) is 1.87. The summed E-state index contributed by atoms with van der Waals surface area (Å²) in [5.74, 6) is 0. The Morgan fingerprint density at radius 2 is 1.25 bits per heavy atom. The van der Waals surface area contributed by atoms with Gasteiger partial charge in [0.05, 0.1) is 0 Å². The SMILES string of the molecule is CC[C]([Al])(CC)CC. The average molecular weight is 126 g/mol. The predicted molar refractivity (Wildman–Crippen MR) is 39.3 cm³/mol. The van der Waals surface area contributed by atoms with Crippen molar-refractivity contribution in [2.45, 2.75) is 44.3 Å². The number of hydrogen-bond donors (Lipinski definition) is 0. The highest BCUT2D eigenvalue weighted by Gasteiger charge is 2.13. The largest absolute Gasteiger partial charge is 0.129 e. The zero-order chi connectivity index (χ0) is 6.62. The highest BCUT2D eigenvalue weighted by Crippen LogP contribution is 2.33. The molecule has 0 heterocycles. The summed E-state index contributed by atoms with van der Waals surface area (Å²) in [4.78, 5) is 0. The first-order chi connectivity index (χ1) is 3.68. The van der Waals surface area contributed by atoms with Gasteiger partial charge in [-0.05, 0) is 0 Å². The van der Waals surface area contributed by atoms with Gasteiger partial charge in [-0.2, -0.15) is 0 Å². The summed E-state index contributed by atoms with van der Waals surface area (Å²) in [6.45, 7) is 6.75. The molecular formula is C7H15Al. The van der Waals surface area contributed by atoms with Crippen LogP contribution in [-0.2, 0) is 0 Å². The molecule has 0 aromatic rings. The highest BCUT2D eigenvalue weighted by atomic mass is 27.0. The predicted octanol–water partition coefficient (Wildman–Crippen LogP) is 2.54. The van der Waals surface area contributed by atoms with E-state index in [2.05, 4.69) is 37.1 Å². The van der Waals surface area contributed by atoms with Crippen molar-refractivity contribution in [1.29, 1.82) is 0 Å². The Hall–Kier alpha value is 0.532. The first kappa shape index (κ1) is 8.53. The second kappa shape index (κ2) is 3.54. The third-order valence-electron chi connectivity index (χ3n) is 2.11. The van der Waals surface area contributed by atoms with Crippen LogP contribution in [0.15, 0.2) is 0 Å². The van der Waals surface area contributed by atoms with Gasteiger partial charge in [-0.15, -0.1) is 0 Å². The lowest BCUT2D eigenvalue weighted by Gasteiger charge is -2.25. The van der Waals surface area contributed by atoms with Gasteiger partial charge in [0.1, 0.15) is 16.3 Å². The van der Waals surface area contributed by atoms with Gasteiger partial charge >= 0.3 is 0 Å². The van der Waals surface area contributed by atoms with Gasteiger partial charge in [0.25, 0.3) is 0 Å². The van der Waals surface area contributed by atoms with Gasteiger partial charge in [-0.25, -0.2) is 0 Å². The van der Waals surface area contributed by atoms with E-state index in [9.17, 15) is 0 Å².